The first-order valence-corrected chi connectivity index (χ1v) is 6.35. The van der Waals surface area contributed by atoms with Crippen molar-refractivity contribution >= 4 is 0 Å². The molecule has 0 bridgehead atoms. The van der Waals surface area contributed by atoms with Crippen LogP contribution < -0.4 is 10.1 Å². The van der Waals surface area contributed by atoms with Gasteiger partial charge in [-0.1, -0.05) is 12.1 Å². The average Bonchev–Trinajstić information content (AvgIpc) is 2.89. The second-order valence-electron chi connectivity index (χ2n) is 4.22. The van der Waals surface area contributed by atoms with Gasteiger partial charge in [-0.3, -0.25) is 4.98 Å². The summed E-state index contributed by atoms with van der Waals surface area (Å²) in [6.07, 6.45) is 6.28. The zero-order valence-corrected chi connectivity index (χ0v) is 11.5. The van der Waals surface area contributed by atoms with Crippen LogP contribution in [0.2, 0.25) is 0 Å². The molecule has 1 atom stereocenters. The number of nitrogens with zero attached hydrogens (tertiary/aromatic N) is 4. The van der Waals surface area contributed by atoms with Gasteiger partial charge in [0.2, 0.25) is 0 Å². The first-order chi connectivity index (χ1) is 9.31. The third-order valence-electron chi connectivity index (χ3n) is 3.01. The summed E-state index contributed by atoms with van der Waals surface area (Å²) in [7, 11) is 3.56. The summed E-state index contributed by atoms with van der Waals surface area (Å²) in [5.74, 6) is 0.756. The van der Waals surface area contributed by atoms with Gasteiger partial charge in [-0.2, -0.15) is 0 Å². The van der Waals surface area contributed by atoms with Gasteiger partial charge in [0.25, 0.3) is 0 Å². The van der Waals surface area contributed by atoms with Gasteiger partial charge in [-0.25, -0.2) is 4.68 Å². The van der Waals surface area contributed by atoms with Gasteiger partial charge in [0.05, 0.1) is 31.2 Å². The molecule has 0 radical (unpaired) electrons. The molecule has 0 amide bonds. The molecule has 2 rings (SSSR count). The fraction of sp³-hybridized carbons (Fsp3) is 0.462. The molecule has 2 aromatic rings. The second kappa shape index (κ2) is 6.29. The van der Waals surface area contributed by atoms with Crippen molar-refractivity contribution in [3.05, 3.63) is 35.9 Å². The molecule has 6 nitrogen and oxygen atoms in total. The van der Waals surface area contributed by atoms with Crippen molar-refractivity contribution in [2.45, 2.75) is 25.9 Å². The standard InChI is InChI=1S/C13H19N5O/c1-4-7-18-11(8-16-17-18)13(14-2)10-5-6-15-9-12(10)19-3/h5-6,8-9,13-14H,4,7H2,1-3H3. The van der Waals surface area contributed by atoms with Crippen LogP contribution in [0.25, 0.3) is 0 Å². The second-order valence-corrected chi connectivity index (χ2v) is 4.22. The number of methoxy groups -OCH3 is 1. The van der Waals surface area contributed by atoms with Gasteiger partial charge in [0.1, 0.15) is 5.75 Å². The SMILES string of the molecule is CCCn1nncc1C(NC)c1ccncc1OC. The molecule has 0 saturated carbocycles. The number of hydrogen-bond acceptors (Lipinski definition) is 5. The molecule has 6 heteroatoms. The van der Waals surface area contributed by atoms with E-state index in [0.717, 1.165) is 30.0 Å². The van der Waals surface area contributed by atoms with Crippen LogP contribution in [0.3, 0.4) is 0 Å². The van der Waals surface area contributed by atoms with Crippen LogP contribution in [-0.4, -0.2) is 34.1 Å². The minimum absolute atomic E-state index is 0.0144. The number of aryl methyl sites for hydroxylation is 1. The van der Waals surface area contributed by atoms with Crippen LogP contribution in [0.1, 0.15) is 30.6 Å². The lowest BCUT2D eigenvalue weighted by molar-refractivity contribution is 0.401. The van der Waals surface area contributed by atoms with E-state index < -0.39 is 0 Å². The maximum absolute atomic E-state index is 5.37. The summed E-state index contributed by atoms with van der Waals surface area (Å²) in [4.78, 5) is 4.08. The summed E-state index contributed by atoms with van der Waals surface area (Å²) < 4.78 is 7.29. The van der Waals surface area contributed by atoms with E-state index in [2.05, 4.69) is 27.5 Å². The summed E-state index contributed by atoms with van der Waals surface area (Å²) in [5, 5.41) is 11.4. The van der Waals surface area contributed by atoms with Gasteiger partial charge in [-0.05, 0) is 19.5 Å². The van der Waals surface area contributed by atoms with Gasteiger partial charge in [0.15, 0.2) is 0 Å². The molecule has 2 aromatic heterocycles. The fourth-order valence-electron chi connectivity index (χ4n) is 2.14. The Bertz CT molecular complexity index is 525. The maximum atomic E-state index is 5.37. The normalized spacial score (nSPS) is 12.4. The number of rotatable bonds is 6. The Morgan fingerprint density at radius 2 is 2.26 bits per heavy atom. The predicted octanol–water partition coefficient (Wildman–Crippen LogP) is 1.40. The lowest BCUT2D eigenvalue weighted by Gasteiger charge is -2.19. The smallest absolute Gasteiger partial charge is 0.142 e. The average molecular weight is 261 g/mol. The van der Waals surface area contributed by atoms with E-state index in [1.165, 1.54) is 0 Å². The molecule has 0 aliphatic rings. The molecule has 19 heavy (non-hydrogen) atoms. The van der Waals surface area contributed by atoms with Crippen molar-refractivity contribution < 1.29 is 4.74 Å². The predicted molar refractivity (Wildman–Crippen MR) is 72.0 cm³/mol. The Balaban J connectivity index is 2.41. The first-order valence-electron chi connectivity index (χ1n) is 6.35. The molecule has 0 aliphatic heterocycles. The van der Waals surface area contributed by atoms with Gasteiger partial charge < -0.3 is 10.1 Å². The van der Waals surface area contributed by atoms with Crippen LogP contribution in [0.5, 0.6) is 5.75 Å². The van der Waals surface area contributed by atoms with Crippen molar-refractivity contribution in [1.82, 2.24) is 25.3 Å². The van der Waals surface area contributed by atoms with E-state index >= 15 is 0 Å². The Labute approximate surface area is 112 Å². The highest BCUT2D eigenvalue weighted by molar-refractivity contribution is 5.37. The molecule has 0 saturated heterocycles. The minimum Gasteiger partial charge on any atom is -0.495 e. The zero-order valence-electron chi connectivity index (χ0n) is 11.5. The number of ether oxygens (including phenoxy) is 1. The highest BCUT2D eigenvalue weighted by Gasteiger charge is 2.20. The third kappa shape index (κ3) is 2.73. The Hall–Kier alpha value is -1.95. The van der Waals surface area contributed by atoms with E-state index in [4.69, 9.17) is 4.74 Å². The van der Waals surface area contributed by atoms with Gasteiger partial charge in [0, 0.05) is 18.3 Å². The molecule has 2 heterocycles. The highest BCUT2D eigenvalue weighted by Crippen LogP contribution is 2.28. The zero-order chi connectivity index (χ0) is 13.7. The molecular formula is C13H19N5O. The number of hydrogen-bond donors (Lipinski definition) is 1. The van der Waals surface area contributed by atoms with Crippen molar-refractivity contribution in [3.63, 3.8) is 0 Å². The highest BCUT2D eigenvalue weighted by atomic mass is 16.5. The summed E-state index contributed by atoms with van der Waals surface area (Å²) in [5.41, 5.74) is 2.05. The molecule has 102 valence electrons. The van der Waals surface area contributed by atoms with Crippen molar-refractivity contribution in [3.8, 4) is 5.75 Å². The number of pyridine rings is 1. The number of nitrogens with one attached hydrogen (secondary N) is 1. The molecule has 1 N–H and O–H groups in total. The Kier molecular flexibility index (Phi) is 4.46. The molecule has 0 aromatic carbocycles. The molecule has 0 fully saturated rings. The monoisotopic (exact) mass is 261 g/mol. The first kappa shape index (κ1) is 13.5. The fourth-order valence-corrected chi connectivity index (χ4v) is 2.14. The van der Waals surface area contributed by atoms with E-state index in [1.54, 1.807) is 25.7 Å². The summed E-state index contributed by atoms with van der Waals surface area (Å²) in [6, 6.07) is 1.93. The van der Waals surface area contributed by atoms with E-state index in [0.29, 0.717) is 0 Å². The van der Waals surface area contributed by atoms with Gasteiger partial charge >= 0.3 is 0 Å². The van der Waals surface area contributed by atoms with Crippen LogP contribution >= 0.6 is 0 Å². The van der Waals surface area contributed by atoms with Crippen molar-refractivity contribution in [1.29, 1.82) is 0 Å². The lowest BCUT2D eigenvalue weighted by atomic mass is 10.0. The molecule has 0 spiro atoms. The maximum Gasteiger partial charge on any atom is 0.142 e. The lowest BCUT2D eigenvalue weighted by Crippen LogP contribution is -2.22. The topological polar surface area (TPSA) is 64.9 Å². The van der Waals surface area contributed by atoms with Crippen LogP contribution in [-0.2, 0) is 6.54 Å². The van der Waals surface area contributed by atoms with Crippen LogP contribution in [0, 0.1) is 0 Å². The molecule has 1 unspecified atom stereocenters. The van der Waals surface area contributed by atoms with E-state index in [1.807, 2.05) is 17.8 Å². The third-order valence-corrected chi connectivity index (χ3v) is 3.01. The van der Waals surface area contributed by atoms with Gasteiger partial charge in [-0.15, -0.1) is 5.10 Å². The number of aromatic nitrogens is 4. The van der Waals surface area contributed by atoms with Crippen LogP contribution in [0.15, 0.2) is 24.7 Å². The summed E-state index contributed by atoms with van der Waals surface area (Å²) >= 11 is 0. The quantitative estimate of drug-likeness (QED) is 0.851. The van der Waals surface area contributed by atoms with E-state index in [-0.39, 0.29) is 6.04 Å². The molecular weight excluding hydrogens is 242 g/mol. The Morgan fingerprint density at radius 1 is 1.42 bits per heavy atom. The Morgan fingerprint density at radius 3 is 2.95 bits per heavy atom. The minimum atomic E-state index is -0.0144. The van der Waals surface area contributed by atoms with Crippen LogP contribution in [0.4, 0.5) is 0 Å². The summed E-state index contributed by atoms with van der Waals surface area (Å²) in [6.45, 7) is 2.97. The van der Waals surface area contributed by atoms with Crippen molar-refractivity contribution in [2.24, 2.45) is 0 Å². The van der Waals surface area contributed by atoms with Crippen molar-refractivity contribution in [2.75, 3.05) is 14.2 Å². The molecule has 0 aliphatic carbocycles. The van der Waals surface area contributed by atoms with E-state index in [9.17, 15) is 0 Å². The largest absolute Gasteiger partial charge is 0.495 e.